The summed E-state index contributed by atoms with van der Waals surface area (Å²) in [6.45, 7) is 3.42. The van der Waals surface area contributed by atoms with Crippen molar-refractivity contribution in [1.29, 1.82) is 0 Å². The molecular weight excluding hydrogens is 333 g/mol. The minimum Gasteiger partial charge on any atom is -0.397 e. The molecule has 0 atom stereocenters. The van der Waals surface area contributed by atoms with Crippen molar-refractivity contribution in [3.63, 3.8) is 0 Å². The van der Waals surface area contributed by atoms with Gasteiger partial charge in [0.05, 0.1) is 21.3 Å². The molecule has 0 aliphatic carbocycles. The topological polar surface area (TPSA) is 85.1 Å². The molecule has 1 heterocycles. The summed E-state index contributed by atoms with van der Waals surface area (Å²) in [6.07, 6.45) is 1.55. The van der Waals surface area contributed by atoms with Crippen LogP contribution in [0.5, 0.6) is 0 Å². The molecule has 0 unspecified atom stereocenters. The Balaban J connectivity index is 2.48. The molecular formula is C13H13Cl2N3O2S. The maximum Gasteiger partial charge on any atom is 0.262 e. The molecule has 3 N–H and O–H groups in total. The zero-order valence-electron chi connectivity index (χ0n) is 11.3. The van der Waals surface area contributed by atoms with E-state index in [1.54, 1.807) is 26.1 Å². The molecule has 0 spiro atoms. The Bertz CT molecular complexity index is 807. The fourth-order valence-electron chi connectivity index (χ4n) is 1.78. The lowest BCUT2D eigenvalue weighted by Crippen LogP contribution is -2.15. The molecule has 0 radical (unpaired) electrons. The van der Waals surface area contributed by atoms with Crippen molar-refractivity contribution in [2.24, 2.45) is 0 Å². The summed E-state index contributed by atoms with van der Waals surface area (Å²) in [4.78, 5) is 3.95. The van der Waals surface area contributed by atoms with Gasteiger partial charge in [-0.2, -0.15) is 0 Å². The molecule has 1 aromatic carbocycles. The molecule has 0 fully saturated rings. The van der Waals surface area contributed by atoms with E-state index in [0.717, 1.165) is 5.56 Å². The molecule has 0 saturated heterocycles. The second-order valence-electron chi connectivity index (χ2n) is 4.60. The number of pyridine rings is 1. The maximum atomic E-state index is 12.5. The van der Waals surface area contributed by atoms with Crippen molar-refractivity contribution in [1.82, 2.24) is 4.98 Å². The number of nitrogens with two attached hydrogens (primary N) is 1. The standard InChI is InChI=1S/C13H13Cl2N3O2S/c1-7-3-11(13(15)17-6-7)18-21(19,20)12-5-10(16)9(14)4-8(12)2/h3-6,18H,16H2,1-2H3. The number of hydrogen-bond donors (Lipinski definition) is 2. The van der Waals surface area contributed by atoms with E-state index in [4.69, 9.17) is 28.9 Å². The first kappa shape index (κ1) is 15.9. The number of aromatic nitrogens is 1. The molecule has 0 bridgehead atoms. The van der Waals surface area contributed by atoms with Crippen LogP contribution in [-0.4, -0.2) is 13.4 Å². The molecule has 0 aliphatic rings. The van der Waals surface area contributed by atoms with Crippen molar-refractivity contribution >= 4 is 44.6 Å². The highest BCUT2D eigenvalue weighted by Crippen LogP contribution is 2.29. The molecule has 0 aliphatic heterocycles. The van der Waals surface area contributed by atoms with Gasteiger partial charge in [0, 0.05) is 6.20 Å². The number of hydrogen-bond acceptors (Lipinski definition) is 4. The number of aryl methyl sites for hydroxylation is 2. The first-order chi connectivity index (χ1) is 9.70. The van der Waals surface area contributed by atoms with E-state index in [1.165, 1.54) is 12.1 Å². The highest BCUT2D eigenvalue weighted by Gasteiger charge is 2.20. The number of nitrogens with one attached hydrogen (secondary N) is 1. The number of benzene rings is 1. The van der Waals surface area contributed by atoms with Crippen LogP contribution < -0.4 is 10.5 Å². The van der Waals surface area contributed by atoms with Crippen LogP contribution in [0, 0.1) is 13.8 Å². The maximum absolute atomic E-state index is 12.5. The fraction of sp³-hybridized carbons (Fsp3) is 0.154. The molecule has 2 aromatic rings. The van der Waals surface area contributed by atoms with E-state index in [1.807, 2.05) is 0 Å². The van der Waals surface area contributed by atoms with E-state index < -0.39 is 10.0 Å². The average Bonchev–Trinajstić information content (AvgIpc) is 2.37. The smallest absolute Gasteiger partial charge is 0.262 e. The fourth-order valence-corrected chi connectivity index (χ4v) is 3.53. The third-order valence-electron chi connectivity index (χ3n) is 2.80. The third-order valence-corrected chi connectivity index (χ3v) is 4.94. The van der Waals surface area contributed by atoms with Crippen molar-refractivity contribution in [3.8, 4) is 0 Å². The molecule has 1 aromatic heterocycles. The minimum absolute atomic E-state index is 0.0435. The lowest BCUT2D eigenvalue weighted by Gasteiger charge is -2.13. The molecule has 21 heavy (non-hydrogen) atoms. The Morgan fingerprint density at radius 2 is 1.86 bits per heavy atom. The second-order valence-corrected chi connectivity index (χ2v) is 7.01. The van der Waals surface area contributed by atoms with Gasteiger partial charge in [0.2, 0.25) is 0 Å². The van der Waals surface area contributed by atoms with Gasteiger partial charge in [-0.15, -0.1) is 0 Å². The van der Waals surface area contributed by atoms with Crippen LogP contribution in [0.15, 0.2) is 29.3 Å². The van der Waals surface area contributed by atoms with E-state index in [0.29, 0.717) is 10.6 Å². The van der Waals surface area contributed by atoms with E-state index >= 15 is 0 Å². The van der Waals surface area contributed by atoms with E-state index in [9.17, 15) is 8.42 Å². The highest BCUT2D eigenvalue weighted by atomic mass is 35.5. The first-order valence-electron chi connectivity index (χ1n) is 5.91. The van der Waals surface area contributed by atoms with Crippen molar-refractivity contribution in [3.05, 3.63) is 45.7 Å². The Morgan fingerprint density at radius 1 is 1.19 bits per heavy atom. The van der Waals surface area contributed by atoms with Crippen LogP contribution in [-0.2, 0) is 10.0 Å². The molecule has 0 amide bonds. The summed E-state index contributed by atoms with van der Waals surface area (Å²) in [5.41, 5.74) is 7.34. The number of rotatable bonds is 3. The molecule has 8 heteroatoms. The van der Waals surface area contributed by atoms with Crippen molar-refractivity contribution < 1.29 is 8.42 Å². The minimum atomic E-state index is -3.84. The Morgan fingerprint density at radius 3 is 2.52 bits per heavy atom. The predicted molar refractivity (Wildman–Crippen MR) is 85.4 cm³/mol. The van der Waals surface area contributed by atoms with E-state index in [-0.39, 0.29) is 21.4 Å². The number of sulfonamides is 1. The first-order valence-corrected chi connectivity index (χ1v) is 8.15. The SMILES string of the molecule is Cc1cnc(Cl)c(NS(=O)(=O)c2cc(N)c(Cl)cc2C)c1. The van der Waals surface area contributed by atoms with Gasteiger partial charge < -0.3 is 5.73 Å². The van der Waals surface area contributed by atoms with Gasteiger partial charge in [0.15, 0.2) is 5.15 Å². The van der Waals surface area contributed by atoms with Crippen LogP contribution in [0.4, 0.5) is 11.4 Å². The number of anilines is 2. The summed E-state index contributed by atoms with van der Waals surface area (Å²) in [7, 11) is -3.84. The van der Waals surface area contributed by atoms with Gasteiger partial charge in [0.25, 0.3) is 10.0 Å². The van der Waals surface area contributed by atoms with Gasteiger partial charge >= 0.3 is 0 Å². The Labute approximate surface area is 133 Å². The highest BCUT2D eigenvalue weighted by molar-refractivity contribution is 7.92. The summed E-state index contributed by atoms with van der Waals surface area (Å²) in [5.74, 6) is 0. The average molecular weight is 346 g/mol. The van der Waals surface area contributed by atoms with Gasteiger partial charge in [-0.05, 0) is 43.2 Å². The van der Waals surface area contributed by atoms with Crippen LogP contribution in [0.3, 0.4) is 0 Å². The van der Waals surface area contributed by atoms with Gasteiger partial charge in [0.1, 0.15) is 0 Å². The monoisotopic (exact) mass is 345 g/mol. The van der Waals surface area contributed by atoms with Gasteiger partial charge in [-0.25, -0.2) is 13.4 Å². The van der Waals surface area contributed by atoms with Crippen molar-refractivity contribution in [2.75, 3.05) is 10.5 Å². The summed E-state index contributed by atoms with van der Waals surface area (Å²) < 4.78 is 27.3. The van der Waals surface area contributed by atoms with Crippen LogP contribution in [0.2, 0.25) is 10.2 Å². The predicted octanol–water partition coefficient (Wildman–Crippen LogP) is 3.39. The molecule has 5 nitrogen and oxygen atoms in total. The summed E-state index contributed by atoms with van der Waals surface area (Å²) in [6, 6.07) is 4.42. The number of nitrogens with zero attached hydrogens (tertiary/aromatic N) is 1. The summed E-state index contributed by atoms with van der Waals surface area (Å²) >= 11 is 11.8. The quantitative estimate of drug-likeness (QED) is 0.659. The van der Waals surface area contributed by atoms with Gasteiger partial charge in [-0.1, -0.05) is 23.2 Å². The lowest BCUT2D eigenvalue weighted by atomic mass is 10.2. The van der Waals surface area contributed by atoms with Crippen molar-refractivity contribution in [2.45, 2.75) is 18.7 Å². The Hall–Kier alpha value is -1.50. The molecule has 2 rings (SSSR count). The summed E-state index contributed by atoms with van der Waals surface area (Å²) in [5, 5.41) is 0.380. The molecule has 112 valence electrons. The van der Waals surface area contributed by atoms with E-state index in [2.05, 4.69) is 9.71 Å². The zero-order chi connectivity index (χ0) is 15.8. The normalized spacial score (nSPS) is 11.4. The number of nitrogen functional groups attached to an aromatic ring is 1. The third kappa shape index (κ3) is 3.40. The van der Waals surface area contributed by atoms with Crippen LogP contribution in [0.25, 0.3) is 0 Å². The number of halogens is 2. The Kier molecular flexibility index (Phi) is 4.32. The van der Waals surface area contributed by atoms with Crippen LogP contribution >= 0.6 is 23.2 Å². The second kappa shape index (κ2) is 5.71. The molecule has 0 saturated carbocycles. The van der Waals surface area contributed by atoms with Gasteiger partial charge in [-0.3, -0.25) is 4.72 Å². The lowest BCUT2D eigenvalue weighted by molar-refractivity contribution is 0.600. The largest absolute Gasteiger partial charge is 0.397 e. The zero-order valence-corrected chi connectivity index (χ0v) is 13.6. The van der Waals surface area contributed by atoms with Crippen LogP contribution in [0.1, 0.15) is 11.1 Å².